The molecule has 2 aromatic heterocycles. The number of carboxylic acid groups (broad SMARTS) is 1. The summed E-state index contributed by atoms with van der Waals surface area (Å²) in [6.45, 7) is 2.81. The summed E-state index contributed by atoms with van der Waals surface area (Å²) in [6, 6.07) is 9.23. The molecule has 1 N–H and O–H groups in total. The Labute approximate surface area is 134 Å². The fraction of sp³-hybridized carbons (Fsp3) is 0.200. The zero-order valence-electron chi connectivity index (χ0n) is 11.3. The Morgan fingerprint density at radius 2 is 2.19 bits per heavy atom. The lowest BCUT2D eigenvalue weighted by Crippen LogP contribution is -2.03. The molecule has 0 aliphatic carbocycles. The molecule has 3 rings (SSSR count). The van der Waals surface area contributed by atoms with E-state index in [0.717, 1.165) is 33.6 Å². The number of aromatic nitrogens is 2. The summed E-state index contributed by atoms with van der Waals surface area (Å²) in [5.74, 6) is 0.0451. The molecular formula is C15H13BrN2O2S. The first-order valence-electron chi connectivity index (χ1n) is 6.55. The lowest BCUT2D eigenvalue weighted by Gasteiger charge is -2.06. The van der Waals surface area contributed by atoms with Gasteiger partial charge in [-0.25, -0.2) is 9.78 Å². The minimum Gasteiger partial charge on any atom is -0.478 e. The summed E-state index contributed by atoms with van der Waals surface area (Å²) in [4.78, 5) is 16.9. The minimum atomic E-state index is -0.924. The van der Waals surface area contributed by atoms with Crippen molar-refractivity contribution in [2.24, 2.45) is 0 Å². The standard InChI is InChI=1S/C15H13BrN2O2S/c1-2-14-17-11-7-9(15(19)20)3-5-12(11)18(14)8-10-4-6-13(16)21-10/h3-7H,2,8H2,1H3,(H,19,20). The zero-order valence-corrected chi connectivity index (χ0v) is 13.7. The Kier molecular flexibility index (Phi) is 3.82. The molecule has 0 unspecified atom stereocenters. The molecule has 0 spiro atoms. The number of hydrogen-bond acceptors (Lipinski definition) is 3. The molecule has 0 saturated carbocycles. The third-order valence-electron chi connectivity index (χ3n) is 3.33. The number of hydrogen-bond donors (Lipinski definition) is 1. The SMILES string of the molecule is CCc1nc2cc(C(=O)O)ccc2n1Cc1ccc(Br)s1. The number of imidazole rings is 1. The number of fused-ring (bicyclic) bond motifs is 1. The van der Waals surface area contributed by atoms with Crippen LogP contribution in [-0.4, -0.2) is 20.6 Å². The number of carbonyl (C=O) groups is 1. The topological polar surface area (TPSA) is 55.1 Å². The molecule has 0 atom stereocenters. The first kappa shape index (κ1) is 14.3. The van der Waals surface area contributed by atoms with Crippen molar-refractivity contribution in [3.05, 3.63) is 50.4 Å². The van der Waals surface area contributed by atoms with E-state index in [0.29, 0.717) is 0 Å². The van der Waals surface area contributed by atoms with Crippen molar-refractivity contribution in [3.8, 4) is 0 Å². The highest BCUT2D eigenvalue weighted by Gasteiger charge is 2.13. The highest BCUT2D eigenvalue weighted by molar-refractivity contribution is 9.11. The molecular weight excluding hydrogens is 352 g/mol. The van der Waals surface area contributed by atoms with Crippen LogP contribution in [0.2, 0.25) is 0 Å². The second-order valence-electron chi connectivity index (χ2n) is 4.68. The number of halogens is 1. The van der Waals surface area contributed by atoms with E-state index in [9.17, 15) is 4.79 Å². The van der Waals surface area contributed by atoms with Crippen LogP contribution in [0, 0.1) is 0 Å². The molecule has 6 heteroatoms. The molecule has 1 aromatic carbocycles. The van der Waals surface area contributed by atoms with Crippen LogP contribution in [0.4, 0.5) is 0 Å². The van der Waals surface area contributed by atoms with Crippen molar-refractivity contribution in [1.82, 2.24) is 9.55 Å². The lowest BCUT2D eigenvalue weighted by atomic mass is 10.2. The van der Waals surface area contributed by atoms with Crippen LogP contribution in [0.3, 0.4) is 0 Å². The number of rotatable bonds is 4. The van der Waals surface area contributed by atoms with E-state index in [-0.39, 0.29) is 5.56 Å². The lowest BCUT2D eigenvalue weighted by molar-refractivity contribution is 0.0697. The van der Waals surface area contributed by atoms with E-state index < -0.39 is 5.97 Å². The summed E-state index contributed by atoms with van der Waals surface area (Å²) >= 11 is 5.17. The van der Waals surface area contributed by atoms with Gasteiger partial charge in [-0.2, -0.15) is 0 Å². The van der Waals surface area contributed by atoms with Gasteiger partial charge in [0.25, 0.3) is 0 Å². The second-order valence-corrected chi connectivity index (χ2v) is 7.23. The van der Waals surface area contributed by atoms with Gasteiger partial charge < -0.3 is 9.67 Å². The van der Waals surface area contributed by atoms with E-state index in [1.807, 2.05) is 12.1 Å². The fourth-order valence-electron chi connectivity index (χ4n) is 2.35. The molecule has 0 aliphatic rings. The molecule has 2 heterocycles. The average molecular weight is 365 g/mol. The molecule has 4 nitrogen and oxygen atoms in total. The first-order chi connectivity index (χ1) is 10.1. The van der Waals surface area contributed by atoms with Crippen LogP contribution < -0.4 is 0 Å². The van der Waals surface area contributed by atoms with Crippen molar-refractivity contribution in [2.75, 3.05) is 0 Å². The minimum absolute atomic E-state index is 0.272. The van der Waals surface area contributed by atoms with E-state index in [1.54, 1.807) is 23.5 Å². The van der Waals surface area contributed by atoms with Gasteiger partial charge in [0.1, 0.15) is 5.82 Å². The predicted octanol–water partition coefficient (Wildman–Crippen LogP) is 4.17. The molecule has 21 heavy (non-hydrogen) atoms. The van der Waals surface area contributed by atoms with Crippen LogP contribution in [0.1, 0.15) is 28.0 Å². The summed E-state index contributed by atoms with van der Waals surface area (Å²) < 4.78 is 3.26. The largest absolute Gasteiger partial charge is 0.478 e. The molecule has 0 radical (unpaired) electrons. The Bertz CT molecular complexity index is 822. The van der Waals surface area contributed by atoms with E-state index in [2.05, 4.69) is 38.5 Å². The molecule has 0 fully saturated rings. The van der Waals surface area contributed by atoms with Crippen LogP contribution in [0.5, 0.6) is 0 Å². The van der Waals surface area contributed by atoms with Crippen molar-refractivity contribution < 1.29 is 9.90 Å². The highest BCUT2D eigenvalue weighted by atomic mass is 79.9. The van der Waals surface area contributed by atoms with E-state index >= 15 is 0 Å². The third kappa shape index (κ3) is 2.73. The van der Waals surface area contributed by atoms with Gasteiger partial charge in [-0.1, -0.05) is 6.92 Å². The zero-order chi connectivity index (χ0) is 15.0. The highest BCUT2D eigenvalue weighted by Crippen LogP contribution is 2.26. The predicted molar refractivity (Wildman–Crippen MR) is 87.2 cm³/mol. The molecule has 0 bridgehead atoms. The normalized spacial score (nSPS) is 11.1. The van der Waals surface area contributed by atoms with Gasteiger partial charge in [0, 0.05) is 11.3 Å². The van der Waals surface area contributed by atoms with Crippen molar-refractivity contribution in [1.29, 1.82) is 0 Å². The van der Waals surface area contributed by atoms with Crippen LogP contribution >= 0.6 is 27.3 Å². The molecule has 0 amide bonds. The Morgan fingerprint density at radius 3 is 2.81 bits per heavy atom. The summed E-state index contributed by atoms with van der Waals surface area (Å²) in [6.07, 6.45) is 0.809. The summed E-state index contributed by atoms with van der Waals surface area (Å²) in [5.41, 5.74) is 1.98. The smallest absolute Gasteiger partial charge is 0.335 e. The van der Waals surface area contributed by atoms with Gasteiger partial charge in [0.2, 0.25) is 0 Å². The van der Waals surface area contributed by atoms with Crippen molar-refractivity contribution >= 4 is 44.3 Å². The summed E-state index contributed by atoms with van der Waals surface area (Å²) in [5, 5.41) is 9.08. The van der Waals surface area contributed by atoms with Gasteiger partial charge >= 0.3 is 5.97 Å². The Balaban J connectivity index is 2.09. The number of thiophene rings is 1. The first-order valence-corrected chi connectivity index (χ1v) is 8.16. The Hall–Kier alpha value is -1.66. The number of carboxylic acids is 1. The maximum Gasteiger partial charge on any atom is 0.335 e. The third-order valence-corrected chi connectivity index (χ3v) is 4.94. The van der Waals surface area contributed by atoms with Crippen molar-refractivity contribution in [2.45, 2.75) is 19.9 Å². The van der Waals surface area contributed by atoms with Crippen LogP contribution in [-0.2, 0) is 13.0 Å². The second kappa shape index (κ2) is 5.61. The summed E-state index contributed by atoms with van der Waals surface area (Å²) in [7, 11) is 0. The average Bonchev–Trinajstić information content (AvgIpc) is 3.02. The van der Waals surface area contributed by atoms with Crippen LogP contribution in [0.25, 0.3) is 11.0 Å². The number of nitrogens with zero attached hydrogens (tertiary/aromatic N) is 2. The Morgan fingerprint density at radius 1 is 1.38 bits per heavy atom. The van der Waals surface area contributed by atoms with E-state index in [1.165, 1.54) is 4.88 Å². The maximum atomic E-state index is 11.1. The van der Waals surface area contributed by atoms with Gasteiger partial charge in [0.05, 0.1) is 26.9 Å². The fourth-order valence-corrected chi connectivity index (χ4v) is 3.82. The quantitative estimate of drug-likeness (QED) is 0.755. The molecule has 108 valence electrons. The van der Waals surface area contributed by atoms with Gasteiger partial charge in [0.15, 0.2) is 0 Å². The maximum absolute atomic E-state index is 11.1. The van der Waals surface area contributed by atoms with Gasteiger partial charge in [-0.3, -0.25) is 0 Å². The van der Waals surface area contributed by atoms with Crippen LogP contribution in [0.15, 0.2) is 34.1 Å². The number of aryl methyl sites for hydroxylation is 1. The number of benzene rings is 1. The van der Waals surface area contributed by atoms with E-state index in [4.69, 9.17) is 5.11 Å². The monoisotopic (exact) mass is 364 g/mol. The molecule has 0 saturated heterocycles. The van der Waals surface area contributed by atoms with Gasteiger partial charge in [-0.15, -0.1) is 11.3 Å². The molecule has 3 aromatic rings. The number of aromatic carboxylic acids is 1. The molecule has 0 aliphatic heterocycles. The van der Waals surface area contributed by atoms with Crippen molar-refractivity contribution in [3.63, 3.8) is 0 Å². The van der Waals surface area contributed by atoms with Gasteiger partial charge in [-0.05, 0) is 46.3 Å².